The molecule has 1 rings (SSSR count). The second-order valence-electron chi connectivity index (χ2n) is 4.31. The predicted octanol–water partition coefficient (Wildman–Crippen LogP) is 0.984. The molecule has 2 unspecified atom stereocenters. The molecule has 0 aromatic heterocycles. The normalized spacial score (nSPS) is 14.1. The van der Waals surface area contributed by atoms with Crippen molar-refractivity contribution in [1.29, 1.82) is 0 Å². The number of nitrogens with one attached hydrogen (secondary N) is 1. The lowest BCUT2D eigenvalue weighted by atomic mass is 9.93. The number of hydrogen-bond donors (Lipinski definition) is 3. The third-order valence-electron chi connectivity index (χ3n) is 3.07. The zero-order chi connectivity index (χ0) is 13.9. The van der Waals surface area contributed by atoms with Crippen molar-refractivity contribution in [2.75, 3.05) is 14.2 Å². The van der Waals surface area contributed by atoms with E-state index < -0.39 is 18.1 Å². The van der Waals surface area contributed by atoms with Gasteiger partial charge in [-0.25, -0.2) is 0 Å². The highest BCUT2D eigenvalue weighted by molar-refractivity contribution is 5.74. The predicted molar refractivity (Wildman–Crippen MR) is 69.9 cm³/mol. The van der Waals surface area contributed by atoms with Crippen LogP contribution in [-0.2, 0) is 4.79 Å². The molecule has 0 amide bonds. The lowest BCUT2D eigenvalue weighted by Crippen LogP contribution is -2.42. The first kappa shape index (κ1) is 14.5. The lowest BCUT2D eigenvalue weighted by molar-refractivity contribution is -0.139. The SMILES string of the molecule is CNC(c1cc(C)c(OC)cc1C)C(N)C(=O)O. The number of rotatable bonds is 5. The molecule has 5 nitrogen and oxygen atoms in total. The van der Waals surface area contributed by atoms with Crippen LogP contribution in [0.4, 0.5) is 0 Å². The number of aryl methyl sites for hydroxylation is 2. The lowest BCUT2D eigenvalue weighted by Gasteiger charge is -2.23. The molecule has 0 aliphatic rings. The van der Waals surface area contributed by atoms with Crippen LogP contribution < -0.4 is 15.8 Å². The van der Waals surface area contributed by atoms with Gasteiger partial charge in [0.25, 0.3) is 0 Å². The Balaban J connectivity index is 3.22. The number of ether oxygens (including phenoxy) is 1. The highest BCUT2D eigenvalue weighted by Gasteiger charge is 2.26. The van der Waals surface area contributed by atoms with Crippen LogP contribution >= 0.6 is 0 Å². The average Bonchev–Trinajstić information content (AvgIpc) is 2.33. The number of aliphatic carboxylic acids is 1. The minimum atomic E-state index is -1.03. The molecule has 18 heavy (non-hydrogen) atoms. The smallest absolute Gasteiger partial charge is 0.322 e. The molecular weight excluding hydrogens is 232 g/mol. The number of benzene rings is 1. The van der Waals surface area contributed by atoms with Gasteiger partial charge in [-0.1, -0.05) is 6.07 Å². The molecule has 1 aromatic rings. The summed E-state index contributed by atoms with van der Waals surface area (Å²) in [6.07, 6.45) is 0. The number of hydrogen-bond acceptors (Lipinski definition) is 4. The molecule has 4 N–H and O–H groups in total. The summed E-state index contributed by atoms with van der Waals surface area (Å²) in [5, 5.41) is 12.0. The first-order valence-corrected chi connectivity index (χ1v) is 5.73. The molecule has 0 bridgehead atoms. The number of likely N-dealkylation sites (N-methyl/N-ethyl adjacent to an activating group) is 1. The van der Waals surface area contributed by atoms with Gasteiger partial charge in [0.15, 0.2) is 0 Å². The maximum absolute atomic E-state index is 11.0. The van der Waals surface area contributed by atoms with E-state index in [1.54, 1.807) is 14.2 Å². The summed E-state index contributed by atoms with van der Waals surface area (Å²) in [6, 6.07) is 2.40. The van der Waals surface area contributed by atoms with E-state index in [1.807, 2.05) is 26.0 Å². The number of nitrogens with two attached hydrogens (primary N) is 1. The van der Waals surface area contributed by atoms with E-state index in [0.717, 1.165) is 22.4 Å². The highest BCUT2D eigenvalue weighted by atomic mass is 16.5. The Hall–Kier alpha value is -1.59. The Morgan fingerprint density at radius 1 is 1.39 bits per heavy atom. The average molecular weight is 252 g/mol. The molecule has 0 aliphatic heterocycles. The van der Waals surface area contributed by atoms with Crippen LogP contribution in [0.5, 0.6) is 5.75 Å². The molecule has 0 heterocycles. The first-order chi connectivity index (χ1) is 8.42. The third-order valence-corrected chi connectivity index (χ3v) is 3.07. The standard InChI is InChI=1S/C13H20N2O3/c1-7-6-10(18-4)8(2)5-9(7)12(15-3)11(14)13(16)17/h5-6,11-12,15H,14H2,1-4H3,(H,16,17). The van der Waals surface area contributed by atoms with Crippen molar-refractivity contribution < 1.29 is 14.6 Å². The van der Waals surface area contributed by atoms with E-state index in [4.69, 9.17) is 15.6 Å². The number of methoxy groups -OCH3 is 1. The van der Waals surface area contributed by atoms with Crippen LogP contribution in [0.1, 0.15) is 22.7 Å². The Morgan fingerprint density at radius 3 is 2.44 bits per heavy atom. The van der Waals surface area contributed by atoms with Gasteiger partial charge >= 0.3 is 5.97 Å². The van der Waals surface area contributed by atoms with Gasteiger partial charge in [0.05, 0.1) is 13.2 Å². The van der Waals surface area contributed by atoms with Gasteiger partial charge in [-0.2, -0.15) is 0 Å². The molecule has 0 saturated carbocycles. The van der Waals surface area contributed by atoms with Crippen molar-refractivity contribution >= 4 is 5.97 Å². The fourth-order valence-electron chi connectivity index (χ4n) is 2.04. The quantitative estimate of drug-likeness (QED) is 0.727. The van der Waals surface area contributed by atoms with E-state index in [-0.39, 0.29) is 0 Å². The zero-order valence-corrected chi connectivity index (χ0v) is 11.2. The summed E-state index contributed by atoms with van der Waals surface area (Å²) in [6.45, 7) is 3.83. The van der Waals surface area contributed by atoms with Crippen LogP contribution in [-0.4, -0.2) is 31.3 Å². The van der Waals surface area contributed by atoms with E-state index in [9.17, 15) is 4.79 Å². The van der Waals surface area contributed by atoms with Crippen LogP contribution in [0, 0.1) is 13.8 Å². The zero-order valence-electron chi connectivity index (χ0n) is 11.2. The molecule has 0 aliphatic carbocycles. The van der Waals surface area contributed by atoms with E-state index >= 15 is 0 Å². The largest absolute Gasteiger partial charge is 0.496 e. The summed E-state index contributed by atoms with van der Waals surface area (Å²) >= 11 is 0. The van der Waals surface area contributed by atoms with E-state index in [2.05, 4.69) is 5.32 Å². The first-order valence-electron chi connectivity index (χ1n) is 5.73. The molecule has 5 heteroatoms. The maximum atomic E-state index is 11.0. The molecule has 0 spiro atoms. The van der Waals surface area contributed by atoms with E-state index in [0.29, 0.717) is 0 Å². The summed E-state index contributed by atoms with van der Waals surface area (Å²) in [5.41, 5.74) is 8.49. The Kier molecular flexibility index (Phi) is 4.69. The van der Waals surface area contributed by atoms with Gasteiger partial charge in [0, 0.05) is 0 Å². The van der Waals surface area contributed by atoms with Crippen molar-refractivity contribution in [2.45, 2.75) is 25.9 Å². The molecule has 0 radical (unpaired) electrons. The molecule has 0 saturated heterocycles. The summed E-state index contributed by atoms with van der Waals surface area (Å²) in [7, 11) is 3.31. The van der Waals surface area contributed by atoms with Crippen molar-refractivity contribution in [3.8, 4) is 5.75 Å². The van der Waals surface area contributed by atoms with Gasteiger partial charge in [-0.05, 0) is 43.7 Å². The molecule has 2 atom stereocenters. The maximum Gasteiger partial charge on any atom is 0.322 e. The second kappa shape index (κ2) is 5.84. The topological polar surface area (TPSA) is 84.6 Å². The van der Waals surface area contributed by atoms with Crippen molar-refractivity contribution in [3.63, 3.8) is 0 Å². The van der Waals surface area contributed by atoms with Crippen molar-refractivity contribution in [2.24, 2.45) is 5.73 Å². The molecule has 1 aromatic carbocycles. The minimum absolute atomic E-state index is 0.424. The van der Waals surface area contributed by atoms with Gasteiger partial charge < -0.3 is 20.9 Å². The van der Waals surface area contributed by atoms with Crippen LogP contribution in [0.25, 0.3) is 0 Å². The van der Waals surface area contributed by atoms with Crippen molar-refractivity contribution in [1.82, 2.24) is 5.32 Å². The highest BCUT2D eigenvalue weighted by Crippen LogP contribution is 2.27. The Morgan fingerprint density at radius 2 is 2.00 bits per heavy atom. The van der Waals surface area contributed by atoms with Gasteiger partial charge in [0.2, 0.25) is 0 Å². The Bertz CT molecular complexity index is 446. The number of carbonyl (C=O) groups is 1. The monoisotopic (exact) mass is 252 g/mol. The van der Waals surface area contributed by atoms with Gasteiger partial charge in [-0.15, -0.1) is 0 Å². The summed E-state index contributed by atoms with van der Waals surface area (Å²) < 4.78 is 5.23. The fraction of sp³-hybridized carbons (Fsp3) is 0.462. The van der Waals surface area contributed by atoms with E-state index in [1.165, 1.54) is 0 Å². The molecule has 100 valence electrons. The van der Waals surface area contributed by atoms with Gasteiger partial charge in [-0.3, -0.25) is 4.79 Å². The number of carboxylic acid groups (broad SMARTS) is 1. The minimum Gasteiger partial charge on any atom is -0.496 e. The second-order valence-corrected chi connectivity index (χ2v) is 4.31. The van der Waals surface area contributed by atoms with Gasteiger partial charge in [0.1, 0.15) is 11.8 Å². The Labute approximate surface area is 107 Å². The van der Waals surface area contributed by atoms with Crippen molar-refractivity contribution in [3.05, 3.63) is 28.8 Å². The third kappa shape index (κ3) is 2.80. The van der Waals surface area contributed by atoms with Crippen LogP contribution in [0.2, 0.25) is 0 Å². The fourth-order valence-corrected chi connectivity index (χ4v) is 2.04. The molecular formula is C13H20N2O3. The molecule has 0 fully saturated rings. The summed E-state index contributed by atoms with van der Waals surface area (Å²) in [4.78, 5) is 11.0. The van der Waals surface area contributed by atoms with Crippen LogP contribution in [0.3, 0.4) is 0 Å². The summed E-state index contributed by atoms with van der Waals surface area (Å²) in [5.74, 6) is -0.239. The number of carboxylic acids is 1. The van der Waals surface area contributed by atoms with Crippen LogP contribution in [0.15, 0.2) is 12.1 Å².